The first-order chi connectivity index (χ1) is 15.1. The lowest BCUT2D eigenvalue weighted by Crippen LogP contribution is -2.86. The van der Waals surface area contributed by atoms with Crippen molar-refractivity contribution in [1.29, 1.82) is 0 Å². The molecule has 2 saturated heterocycles. The molecule has 0 aliphatic carbocycles. The highest BCUT2D eigenvalue weighted by Crippen LogP contribution is 2.47. The van der Waals surface area contributed by atoms with Gasteiger partial charge in [0.2, 0.25) is 23.1 Å². The van der Waals surface area contributed by atoms with Crippen molar-refractivity contribution >= 4 is 53.7 Å². The van der Waals surface area contributed by atoms with Crippen molar-refractivity contribution in [3.05, 3.63) is 0 Å². The Morgan fingerprint density at radius 3 is 2.69 bits per heavy atom. The predicted molar refractivity (Wildman–Crippen MR) is 109 cm³/mol. The number of fused-ring (bicyclic) bond motifs is 1. The first-order valence-electron chi connectivity index (χ1n) is 9.40. The minimum atomic E-state index is -1.70. The molecule has 3 amide bonds. The second-order valence-corrected chi connectivity index (χ2v) is 9.43. The van der Waals surface area contributed by atoms with Gasteiger partial charge in [0.05, 0.1) is 0 Å². The van der Waals surface area contributed by atoms with Gasteiger partial charge in [0.1, 0.15) is 10.8 Å². The fraction of sp³-hybridized carbons (Fsp3) is 0.625. The molecule has 2 aliphatic rings. The largest absolute Gasteiger partial charge is 0.481 e. The van der Waals surface area contributed by atoms with Crippen molar-refractivity contribution in [2.75, 3.05) is 18.1 Å². The molecule has 3 atom stereocenters. The monoisotopic (exact) mass is 487 g/mol. The third kappa shape index (κ3) is 4.36. The maximum Gasteiger partial charge on any atom is 0.313 e. The highest BCUT2D eigenvalue weighted by molar-refractivity contribution is 8.00. The van der Waals surface area contributed by atoms with Crippen LogP contribution in [0.1, 0.15) is 19.3 Å². The number of rotatable bonds is 11. The summed E-state index contributed by atoms with van der Waals surface area (Å²) in [4.78, 5) is 60.5. The summed E-state index contributed by atoms with van der Waals surface area (Å²) in [5, 5.41) is 34.2. The molecule has 2 aliphatic heterocycles. The van der Waals surface area contributed by atoms with Crippen molar-refractivity contribution in [3.63, 3.8) is 0 Å². The number of aromatic nitrogens is 4. The van der Waals surface area contributed by atoms with E-state index in [1.165, 1.54) is 9.58 Å². The second kappa shape index (κ2) is 9.32. The molecule has 0 spiro atoms. The molecule has 1 aromatic rings. The summed E-state index contributed by atoms with van der Waals surface area (Å²) in [6, 6.07) is 0. The topological polar surface area (TPSA) is 197 Å². The number of aryl methyl sites for hydroxylation is 1. The number of carboxylic acid groups (broad SMARTS) is 2. The van der Waals surface area contributed by atoms with Gasteiger partial charge in [0.25, 0.3) is 5.91 Å². The van der Waals surface area contributed by atoms with Crippen LogP contribution in [-0.4, -0.2) is 94.6 Å². The number of thioether (sulfide) groups is 2. The lowest BCUT2D eigenvalue weighted by Gasteiger charge is -2.59. The molecule has 0 bridgehead atoms. The number of nitrogens with one attached hydrogen (secondary N) is 2. The summed E-state index contributed by atoms with van der Waals surface area (Å²) in [5.41, 5.74) is -2.98. The molecule has 0 radical (unpaired) electrons. The van der Waals surface area contributed by atoms with Crippen LogP contribution < -0.4 is 10.6 Å². The number of hydrogen-bond donors (Lipinski definition) is 4. The molecule has 3 heterocycles. The van der Waals surface area contributed by atoms with Crippen molar-refractivity contribution < 1.29 is 34.2 Å². The molecule has 0 aromatic carbocycles. The van der Waals surface area contributed by atoms with Crippen molar-refractivity contribution in [2.45, 2.75) is 35.5 Å². The first kappa shape index (κ1) is 23.8. The third-order valence-corrected chi connectivity index (χ3v) is 8.12. The first-order valence-corrected chi connectivity index (χ1v) is 11.4. The summed E-state index contributed by atoms with van der Waals surface area (Å²) in [6.45, 7) is -0.117. The van der Waals surface area contributed by atoms with Gasteiger partial charge in [0.15, 0.2) is 0 Å². The number of carbonyl (C=O) groups is 5. The van der Waals surface area contributed by atoms with Crippen LogP contribution in [0, 0.1) is 5.41 Å². The second-order valence-electron chi connectivity index (χ2n) is 7.42. The molecule has 16 heteroatoms. The predicted octanol–water partition coefficient (Wildman–Crippen LogP) is -1.90. The van der Waals surface area contributed by atoms with Crippen molar-refractivity contribution in [3.8, 4) is 0 Å². The minimum absolute atomic E-state index is 0.0737. The molecule has 32 heavy (non-hydrogen) atoms. The molecular weight excluding hydrogens is 466 g/mol. The Morgan fingerprint density at radius 1 is 1.34 bits per heavy atom. The number of carbonyl (C=O) groups excluding carboxylic acids is 3. The number of hydrogen-bond acceptors (Lipinski definition) is 10. The highest BCUT2D eigenvalue weighted by Gasteiger charge is 2.67. The maximum atomic E-state index is 13.0. The van der Waals surface area contributed by atoms with E-state index in [0.29, 0.717) is 11.6 Å². The third-order valence-electron chi connectivity index (χ3n) is 5.17. The Hall–Kier alpha value is -2.88. The van der Waals surface area contributed by atoms with E-state index in [1.807, 2.05) is 0 Å². The van der Waals surface area contributed by atoms with Gasteiger partial charge in [-0.1, -0.05) is 11.8 Å². The smallest absolute Gasteiger partial charge is 0.313 e. The summed E-state index contributed by atoms with van der Waals surface area (Å²) < 4.78 is 1.41. The molecule has 1 aromatic heterocycles. The van der Waals surface area contributed by atoms with Gasteiger partial charge in [-0.3, -0.25) is 24.0 Å². The fourth-order valence-electron chi connectivity index (χ4n) is 3.47. The standard InChI is InChI=1S/C16H21N7O7S2/c1-22-14(19-20-21-22)32-7-15(13(29)30)5-23-11(28)16(17-8-24,12(23)31-6-15)18-9(25)3-2-4-10(26)27/h8,12H,2-7H2,1H3,(H,17,24)(H,18,25)(H,26,27)(H,29,30)/t12-,15?,16?/m1/s1. The molecule has 0 saturated carbocycles. The van der Waals surface area contributed by atoms with E-state index in [4.69, 9.17) is 5.11 Å². The molecular formula is C16H21N7O7S2. The van der Waals surface area contributed by atoms with Crippen LogP contribution in [0.4, 0.5) is 0 Å². The molecule has 4 N–H and O–H groups in total. The number of aliphatic carboxylic acids is 2. The van der Waals surface area contributed by atoms with Gasteiger partial charge < -0.3 is 25.7 Å². The van der Waals surface area contributed by atoms with E-state index in [0.717, 1.165) is 23.5 Å². The van der Waals surface area contributed by atoms with Crippen LogP contribution in [0.5, 0.6) is 0 Å². The Kier molecular flexibility index (Phi) is 6.92. The number of β-lactam (4-membered cyclic amide) rings is 1. The Morgan fingerprint density at radius 2 is 2.09 bits per heavy atom. The number of tetrazole rings is 1. The Balaban J connectivity index is 1.70. The zero-order chi connectivity index (χ0) is 23.5. The van der Waals surface area contributed by atoms with Gasteiger partial charge in [-0.15, -0.1) is 16.9 Å². The quantitative estimate of drug-likeness (QED) is 0.117. The molecule has 2 unspecified atom stereocenters. The molecule has 3 rings (SSSR count). The SMILES string of the molecule is Cn1nnnc1SCC1(C(=O)O)CS[C@H]2N(C1)C(=O)C2(NC=O)NC(=O)CCCC(=O)O. The van der Waals surface area contributed by atoms with E-state index < -0.39 is 40.2 Å². The lowest BCUT2D eigenvalue weighted by atomic mass is 9.87. The van der Waals surface area contributed by atoms with E-state index in [9.17, 15) is 29.1 Å². The molecule has 14 nitrogen and oxygen atoms in total. The van der Waals surface area contributed by atoms with Gasteiger partial charge in [-0.05, 0) is 16.8 Å². The Labute approximate surface area is 189 Å². The van der Waals surface area contributed by atoms with Crippen molar-refractivity contribution in [1.82, 2.24) is 35.7 Å². The lowest BCUT2D eigenvalue weighted by molar-refractivity contribution is -0.169. The maximum absolute atomic E-state index is 13.0. The summed E-state index contributed by atoms with van der Waals surface area (Å²) >= 11 is 2.29. The number of nitrogens with zero attached hydrogens (tertiary/aromatic N) is 5. The highest BCUT2D eigenvalue weighted by atomic mass is 32.2. The van der Waals surface area contributed by atoms with Crippen LogP contribution in [0.25, 0.3) is 0 Å². The summed E-state index contributed by atoms with van der Waals surface area (Å²) in [5.74, 6) is -3.13. The normalized spacial score (nSPS) is 26.6. The van der Waals surface area contributed by atoms with Gasteiger partial charge in [0, 0.05) is 37.9 Å². The Bertz CT molecular complexity index is 944. The zero-order valence-electron chi connectivity index (χ0n) is 16.9. The summed E-state index contributed by atoms with van der Waals surface area (Å²) in [6.07, 6.45) is 0.0217. The minimum Gasteiger partial charge on any atom is -0.481 e. The summed E-state index contributed by atoms with van der Waals surface area (Å²) in [7, 11) is 1.62. The van der Waals surface area contributed by atoms with Crippen molar-refractivity contribution in [2.24, 2.45) is 12.5 Å². The zero-order valence-corrected chi connectivity index (χ0v) is 18.5. The van der Waals surface area contributed by atoms with Crippen LogP contribution in [0.15, 0.2) is 5.16 Å². The average molecular weight is 488 g/mol. The van der Waals surface area contributed by atoms with Gasteiger partial charge in [-0.25, -0.2) is 4.68 Å². The van der Waals surface area contributed by atoms with E-state index in [-0.39, 0.29) is 37.3 Å². The van der Waals surface area contributed by atoms with Crippen LogP contribution in [-0.2, 0) is 31.0 Å². The van der Waals surface area contributed by atoms with E-state index in [2.05, 4.69) is 26.2 Å². The van der Waals surface area contributed by atoms with E-state index >= 15 is 0 Å². The number of carboxylic acids is 2. The molecule has 2 fully saturated rings. The average Bonchev–Trinajstić information content (AvgIpc) is 3.15. The van der Waals surface area contributed by atoms with E-state index in [1.54, 1.807) is 7.05 Å². The van der Waals surface area contributed by atoms with Gasteiger partial charge >= 0.3 is 11.9 Å². The number of amides is 3. The van der Waals surface area contributed by atoms with Crippen LogP contribution in [0.2, 0.25) is 0 Å². The molecule has 174 valence electrons. The van der Waals surface area contributed by atoms with Gasteiger partial charge in [-0.2, -0.15) is 0 Å². The van der Waals surface area contributed by atoms with Crippen LogP contribution in [0.3, 0.4) is 0 Å². The fourth-order valence-corrected chi connectivity index (χ4v) is 6.26. The van der Waals surface area contributed by atoms with Crippen LogP contribution >= 0.6 is 23.5 Å².